The quantitative estimate of drug-likeness (QED) is 0.252. The Morgan fingerprint density at radius 1 is 1.11 bits per heavy atom. The molecule has 7 heteroatoms. The number of morpholine rings is 1. The van der Waals surface area contributed by atoms with Gasteiger partial charge in [-0.15, -0.1) is 12.4 Å². The van der Waals surface area contributed by atoms with Crippen LogP contribution in [-0.4, -0.2) is 50.8 Å². The Hall–Kier alpha value is -2.12. The van der Waals surface area contributed by atoms with Crippen LogP contribution in [0.3, 0.4) is 0 Å². The van der Waals surface area contributed by atoms with Crippen molar-refractivity contribution in [2.24, 2.45) is 5.92 Å². The summed E-state index contributed by atoms with van der Waals surface area (Å²) in [7, 11) is 1.67. The van der Waals surface area contributed by atoms with Crippen LogP contribution in [0.5, 0.6) is 5.75 Å². The number of carbonyl (C=O) groups is 1. The van der Waals surface area contributed by atoms with Crippen molar-refractivity contribution in [1.29, 1.82) is 0 Å². The van der Waals surface area contributed by atoms with Crippen LogP contribution in [0.1, 0.15) is 49.5 Å². The molecule has 37 heavy (non-hydrogen) atoms. The molecule has 5 nitrogen and oxygen atoms in total. The third kappa shape index (κ3) is 7.47. The third-order valence-corrected chi connectivity index (χ3v) is 7.63. The van der Waals surface area contributed by atoms with Crippen LogP contribution in [0, 0.1) is 5.92 Å². The van der Waals surface area contributed by atoms with Crippen molar-refractivity contribution in [2.75, 3.05) is 40.0 Å². The number of halogens is 2. The molecule has 1 aliphatic rings. The van der Waals surface area contributed by atoms with Gasteiger partial charge < -0.3 is 14.2 Å². The molecule has 4 rings (SSSR count). The summed E-state index contributed by atoms with van der Waals surface area (Å²) in [4.78, 5) is 15.0. The maximum absolute atomic E-state index is 12.7. The monoisotopic (exact) mass is 589 g/mol. The summed E-state index contributed by atoms with van der Waals surface area (Å²) in [6, 6.07) is 18.8. The second-order valence-corrected chi connectivity index (χ2v) is 10.7. The number of ether oxygens (including phenoxy) is 3. The Kier molecular flexibility index (Phi) is 10.8. The van der Waals surface area contributed by atoms with Crippen LogP contribution in [0.2, 0.25) is 0 Å². The molecule has 1 fully saturated rings. The van der Waals surface area contributed by atoms with E-state index in [1.807, 2.05) is 25.1 Å². The van der Waals surface area contributed by atoms with Crippen molar-refractivity contribution in [3.63, 3.8) is 0 Å². The smallest absolute Gasteiger partial charge is 0.313 e. The number of hydrogen-bond acceptors (Lipinski definition) is 5. The van der Waals surface area contributed by atoms with Gasteiger partial charge >= 0.3 is 5.97 Å². The zero-order valence-corrected chi connectivity index (χ0v) is 24.4. The predicted octanol–water partition coefficient (Wildman–Crippen LogP) is 6.95. The van der Waals surface area contributed by atoms with Gasteiger partial charge in [0.25, 0.3) is 0 Å². The largest absolute Gasteiger partial charge is 0.496 e. The molecule has 1 heterocycles. The van der Waals surface area contributed by atoms with Crippen LogP contribution in [0.25, 0.3) is 10.8 Å². The molecule has 1 saturated heterocycles. The maximum atomic E-state index is 12.7. The van der Waals surface area contributed by atoms with E-state index in [4.69, 9.17) is 14.2 Å². The number of esters is 1. The fourth-order valence-corrected chi connectivity index (χ4v) is 5.36. The minimum Gasteiger partial charge on any atom is -0.496 e. The van der Waals surface area contributed by atoms with E-state index < -0.39 is 0 Å². The molecule has 0 amide bonds. The van der Waals surface area contributed by atoms with E-state index in [1.54, 1.807) is 7.11 Å². The van der Waals surface area contributed by atoms with Gasteiger partial charge in [0, 0.05) is 19.6 Å². The summed E-state index contributed by atoms with van der Waals surface area (Å²) < 4.78 is 18.1. The van der Waals surface area contributed by atoms with Crippen LogP contribution < -0.4 is 4.74 Å². The number of hydrogen-bond donors (Lipinski definition) is 0. The number of nitrogens with zero attached hydrogens (tertiary/aromatic N) is 1. The minimum atomic E-state index is -0.272. The lowest BCUT2D eigenvalue weighted by atomic mass is 9.97. The van der Waals surface area contributed by atoms with E-state index in [0.717, 1.165) is 51.6 Å². The highest BCUT2D eigenvalue weighted by atomic mass is 79.9. The average molecular weight is 591 g/mol. The van der Waals surface area contributed by atoms with Crippen molar-refractivity contribution >= 4 is 45.1 Å². The molecule has 1 aliphatic heterocycles. The molecule has 0 radical (unpaired) electrons. The normalized spacial score (nSPS) is 16.9. The number of benzene rings is 3. The van der Waals surface area contributed by atoms with E-state index in [1.165, 1.54) is 5.56 Å². The summed E-state index contributed by atoms with van der Waals surface area (Å²) >= 11 is 3.64. The highest BCUT2D eigenvalue weighted by Crippen LogP contribution is 2.35. The van der Waals surface area contributed by atoms with Crippen molar-refractivity contribution in [3.05, 3.63) is 75.8 Å². The Morgan fingerprint density at radius 3 is 2.57 bits per heavy atom. The van der Waals surface area contributed by atoms with E-state index >= 15 is 0 Å². The lowest BCUT2D eigenvalue weighted by molar-refractivity contribution is -0.146. The van der Waals surface area contributed by atoms with Gasteiger partial charge in [-0.3, -0.25) is 9.69 Å². The molecule has 0 saturated carbocycles. The van der Waals surface area contributed by atoms with Gasteiger partial charge in [-0.2, -0.15) is 0 Å². The highest BCUT2D eigenvalue weighted by Gasteiger charge is 2.23. The fraction of sp³-hybridized carbons (Fsp3) is 0.433. The van der Waals surface area contributed by atoms with E-state index in [-0.39, 0.29) is 30.4 Å². The maximum Gasteiger partial charge on any atom is 0.313 e. The molecule has 2 atom stereocenters. The molecule has 0 aliphatic carbocycles. The minimum absolute atomic E-state index is 0. The van der Waals surface area contributed by atoms with Crippen LogP contribution in [0.4, 0.5) is 0 Å². The van der Waals surface area contributed by atoms with Crippen LogP contribution >= 0.6 is 28.3 Å². The van der Waals surface area contributed by atoms with Gasteiger partial charge in [-0.05, 0) is 74.8 Å². The Labute approximate surface area is 235 Å². The first kappa shape index (κ1) is 29.4. The van der Waals surface area contributed by atoms with Gasteiger partial charge in [0.2, 0.25) is 0 Å². The molecule has 3 aromatic rings. The van der Waals surface area contributed by atoms with E-state index in [2.05, 4.69) is 71.1 Å². The summed E-state index contributed by atoms with van der Waals surface area (Å²) in [5.41, 5.74) is 3.45. The first-order valence-electron chi connectivity index (χ1n) is 12.7. The standard InChI is InChI=1S/C30H36BrNO4.ClH/c1-20(2)17-22-5-7-23(8-6-22)21(3)30(33)36-16-14-32-13-15-35-28(19-32)25-9-11-26-24(18-25)10-12-27(34-4)29(26)31;/h5-12,18,20-21,28H,13-17,19H2,1-4H3;1H. The first-order chi connectivity index (χ1) is 17.4. The van der Waals surface area contributed by atoms with E-state index in [9.17, 15) is 4.79 Å². The number of rotatable bonds is 9. The molecule has 200 valence electrons. The topological polar surface area (TPSA) is 48.0 Å². The molecule has 2 unspecified atom stereocenters. The molecule has 0 bridgehead atoms. The number of fused-ring (bicyclic) bond motifs is 1. The zero-order valence-electron chi connectivity index (χ0n) is 22.0. The van der Waals surface area contributed by atoms with Gasteiger partial charge in [0.1, 0.15) is 12.4 Å². The third-order valence-electron chi connectivity index (χ3n) is 6.81. The molecule has 0 N–H and O–H groups in total. The van der Waals surface area contributed by atoms with Crippen LogP contribution in [-0.2, 0) is 20.7 Å². The summed E-state index contributed by atoms with van der Waals surface area (Å²) in [5.74, 6) is 0.992. The predicted molar refractivity (Wildman–Crippen MR) is 155 cm³/mol. The van der Waals surface area contributed by atoms with Gasteiger partial charge in [0.15, 0.2) is 0 Å². The molecule has 3 aromatic carbocycles. The summed E-state index contributed by atoms with van der Waals surface area (Å²) in [5, 5.41) is 2.25. The van der Waals surface area contributed by atoms with Gasteiger partial charge in [-0.1, -0.05) is 56.3 Å². The van der Waals surface area contributed by atoms with Crippen LogP contribution in [0.15, 0.2) is 59.1 Å². The highest BCUT2D eigenvalue weighted by molar-refractivity contribution is 9.10. The average Bonchev–Trinajstić information content (AvgIpc) is 2.88. The lowest BCUT2D eigenvalue weighted by Crippen LogP contribution is -2.40. The first-order valence-corrected chi connectivity index (χ1v) is 13.5. The molecular formula is C30H37BrClNO4. The van der Waals surface area contributed by atoms with Crippen molar-refractivity contribution < 1.29 is 19.0 Å². The summed E-state index contributed by atoms with van der Waals surface area (Å²) in [6.45, 7) is 9.67. The van der Waals surface area contributed by atoms with Crippen molar-refractivity contribution in [1.82, 2.24) is 4.90 Å². The van der Waals surface area contributed by atoms with Gasteiger partial charge in [-0.25, -0.2) is 0 Å². The van der Waals surface area contributed by atoms with Crippen molar-refractivity contribution in [3.8, 4) is 5.75 Å². The molecule has 0 aromatic heterocycles. The number of carbonyl (C=O) groups excluding carboxylic acids is 1. The lowest BCUT2D eigenvalue weighted by Gasteiger charge is -2.33. The summed E-state index contributed by atoms with van der Waals surface area (Å²) in [6.07, 6.45) is 1.04. The Balaban J connectivity index is 0.00000380. The fourth-order valence-electron chi connectivity index (χ4n) is 4.71. The molecular weight excluding hydrogens is 554 g/mol. The Bertz CT molecular complexity index is 1180. The molecule has 0 spiro atoms. The zero-order chi connectivity index (χ0) is 25.7. The van der Waals surface area contributed by atoms with Crippen molar-refractivity contribution in [2.45, 2.75) is 39.2 Å². The second-order valence-electron chi connectivity index (χ2n) is 9.95. The SMILES string of the molecule is COc1ccc2cc(C3CN(CCOC(=O)C(C)c4ccc(CC(C)C)cc4)CCO3)ccc2c1Br.Cl. The van der Waals surface area contributed by atoms with Gasteiger partial charge in [0.05, 0.1) is 30.2 Å². The van der Waals surface area contributed by atoms with E-state index in [0.29, 0.717) is 25.7 Å². The Morgan fingerprint density at radius 2 is 1.86 bits per heavy atom. The number of methoxy groups -OCH3 is 1. The second kappa shape index (κ2) is 13.6.